The van der Waals surface area contributed by atoms with Gasteiger partial charge in [-0.25, -0.2) is 5.43 Å². The van der Waals surface area contributed by atoms with Crippen molar-refractivity contribution in [1.82, 2.24) is 5.43 Å². The molecule has 3 rings (SSSR count). The van der Waals surface area contributed by atoms with Crippen LogP contribution in [0.3, 0.4) is 0 Å². The van der Waals surface area contributed by atoms with Gasteiger partial charge in [0.25, 0.3) is 0 Å². The van der Waals surface area contributed by atoms with Crippen molar-refractivity contribution in [3.63, 3.8) is 0 Å². The van der Waals surface area contributed by atoms with Crippen LogP contribution in [-0.4, -0.2) is 24.6 Å². The second-order valence-corrected chi connectivity index (χ2v) is 10.1. The lowest BCUT2D eigenvalue weighted by molar-refractivity contribution is -0.126. The fourth-order valence-corrected chi connectivity index (χ4v) is 4.60. The Morgan fingerprint density at radius 2 is 1.86 bits per heavy atom. The van der Waals surface area contributed by atoms with E-state index in [0.29, 0.717) is 39.4 Å². The summed E-state index contributed by atoms with van der Waals surface area (Å²) < 4.78 is 13.3. The van der Waals surface area contributed by atoms with Crippen molar-refractivity contribution >= 4 is 85.4 Å². The monoisotopic (exact) mass is 703 g/mol. The van der Waals surface area contributed by atoms with E-state index >= 15 is 0 Å². The Morgan fingerprint density at radius 1 is 1.08 bits per heavy atom. The highest BCUT2D eigenvalue weighted by Gasteiger charge is 2.14. The molecular formula is C25H21BrCl2IN3O4. The number of amides is 2. The van der Waals surface area contributed by atoms with E-state index in [4.69, 9.17) is 32.7 Å². The average molecular weight is 705 g/mol. The van der Waals surface area contributed by atoms with E-state index in [1.807, 2.05) is 19.1 Å². The van der Waals surface area contributed by atoms with Crippen molar-refractivity contribution in [3.8, 4) is 11.5 Å². The van der Waals surface area contributed by atoms with Gasteiger partial charge in [-0.1, -0.05) is 41.4 Å². The van der Waals surface area contributed by atoms with Crippen LogP contribution in [0.4, 0.5) is 5.69 Å². The summed E-state index contributed by atoms with van der Waals surface area (Å²) in [6.07, 6.45) is 1.09. The van der Waals surface area contributed by atoms with E-state index in [2.05, 4.69) is 54.4 Å². The van der Waals surface area contributed by atoms with Crippen LogP contribution in [0, 0.1) is 3.57 Å². The molecule has 0 aromatic heterocycles. The molecule has 36 heavy (non-hydrogen) atoms. The first kappa shape index (κ1) is 28.2. The van der Waals surface area contributed by atoms with Gasteiger partial charge in [0.15, 0.2) is 11.5 Å². The molecule has 7 nitrogen and oxygen atoms in total. The first-order valence-electron chi connectivity index (χ1n) is 10.7. The molecule has 0 aliphatic rings. The predicted molar refractivity (Wildman–Crippen MR) is 154 cm³/mol. The summed E-state index contributed by atoms with van der Waals surface area (Å²) in [6, 6.07) is 15.9. The van der Waals surface area contributed by atoms with Crippen LogP contribution >= 0.6 is 61.7 Å². The molecule has 188 valence electrons. The Kier molecular flexibility index (Phi) is 10.8. The van der Waals surface area contributed by atoms with Gasteiger partial charge >= 0.3 is 0 Å². The molecule has 0 radical (unpaired) electrons. The first-order chi connectivity index (χ1) is 17.3. The molecule has 0 fully saturated rings. The topological polar surface area (TPSA) is 89.0 Å². The van der Waals surface area contributed by atoms with Gasteiger partial charge in [-0.05, 0) is 87.4 Å². The molecule has 0 bridgehead atoms. The second kappa shape index (κ2) is 13.8. The molecule has 11 heteroatoms. The first-order valence-corrected chi connectivity index (χ1v) is 13.3. The van der Waals surface area contributed by atoms with Gasteiger partial charge in [0.05, 0.1) is 22.1 Å². The van der Waals surface area contributed by atoms with Gasteiger partial charge in [0.2, 0.25) is 11.8 Å². The van der Waals surface area contributed by atoms with Crippen LogP contribution in [0.15, 0.2) is 64.2 Å². The summed E-state index contributed by atoms with van der Waals surface area (Å²) >= 11 is 17.7. The quantitative estimate of drug-likeness (QED) is 0.105. The number of para-hydroxylation sites is 1. The Bertz CT molecular complexity index is 1290. The van der Waals surface area contributed by atoms with Crippen LogP contribution in [0.1, 0.15) is 24.5 Å². The number of hydrogen-bond donors (Lipinski definition) is 2. The molecule has 0 unspecified atom stereocenters. The van der Waals surface area contributed by atoms with Crippen molar-refractivity contribution in [2.45, 2.75) is 20.0 Å². The summed E-state index contributed by atoms with van der Waals surface area (Å²) in [5, 5.41) is 7.69. The minimum absolute atomic E-state index is 0.233. The maximum Gasteiger partial charge on any atom is 0.249 e. The minimum Gasteiger partial charge on any atom is -0.490 e. The zero-order valence-corrected chi connectivity index (χ0v) is 24.2. The molecule has 0 atom stereocenters. The molecule has 0 heterocycles. The fourth-order valence-electron chi connectivity index (χ4n) is 2.98. The Balaban J connectivity index is 1.62. The van der Waals surface area contributed by atoms with E-state index in [0.717, 1.165) is 13.6 Å². The van der Waals surface area contributed by atoms with Crippen molar-refractivity contribution in [3.05, 3.63) is 83.8 Å². The molecule has 3 aromatic carbocycles. The van der Waals surface area contributed by atoms with Crippen LogP contribution in [0.2, 0.25) is 10.0 Å². The number of anilines is 1. The standard InChI is InChI=1S/C25H21BrCl2IN3O4/c1-2-35-22-10-15(9-20(29)25(22)36-14-16-7-8-17(27)11-19(16)28)13-30-32-24(34)12-23(33)31-21-6-4-3-5-18(21)26/h3-11,13H,2,12,14H2,1H3,(H,31,33)(H,32,34). The van der Waals surface area contributed by atoms with Crippen LogP contribution < -0.4 is 20.2 Å². The SMILES string of the molecule is CCOc1cc(C=NNC(=O)CC(=O)Nc2ccccc2Br)cc(I)c1OCc1ccc(Cl)cc1Cl. The number of ether oxygens (including phenoxy) is 2. The summed E-state index contributed by atoms with van der Waals surface area (Å²) in [5.74, 6) is 0.0869. The highest BCUT2D eigenvalue weighted by atomic mass is 127. The molecule has 0 spiro atoms. The van der Waals surface area contributed by atoms with Gasteiger partial charge in [-0.2, -0.15) is 5.10 Å². The van der Waals surface area contributed by atoms with Crippen molar-refractivity contribution in [1.29, 1.82) is 0 Å². The fraction of sp³-hybridized carbons (Fsp3) is 0.160. The van der Waals surface area contributed by atoms with E-state index in [-0.39, 0.29) is 13.0 Å². The smallest absolute Gasteiger partial charge is 0.249 e. The van der Waals surface area contributed by atoms with E-state index in [1.54, 1.807) is 42.5 Å². The summed E-state index contributed by atoms with van der Waals surface area (Å²) in [7, 11) is 0. The number of halogens is 4. The van der Waals surface area contributed by atoms with E-state index in [1.165, 1.54) is 6.21 Å². The number of rotatable bonds is 10. The van der Waals surface area contributed by atoms with Crippen molar-refractivity contribution < 1.29 is 19.1 Å². The lowest BCUT2D eigenvalue weighted by Crippen LogP contribution is -2.24. The van der Waals surface area contributed by atoms with E-state index < -0.39 is 11.8 Å². The third-order valence-electron chi connectivity index (χ3n) is 4.59. The molecular weight excluding hydrogens is 684 g/mol. The molecule has 0 saturated carbocycles. The van der Waals surface area contributed by atoms with Crippen LogP contribution in [0.25, 0.3) is 0 Å². The number of carbonyl (C=O) groups is 2. The molecule has 2 amide bonds. The Hall–Kier alpha value is -2.34. The molecule has 0 aliphatic carbocycles. The number of carbonyl (C=O) groups excluding carboxylic acids is 2. The summed E-state index contributed by atoms with van der Waals surface area (Å²) in [5.41, 5.74) is 4.41. The lowest BCUT2D eigenvalue weighted by Gasteiger charge is -2.15. The minimum atomic E-state index is -0.546. The van der Waals surface area contributed by atoms with Gasteiger partial charge < -0.3 is 14.8 Å². The molecule has 3 aromatic rings. The van der Waals surface area contributed by atoms with Crippen molar-refractivity contribution in [2.75, 3.05) is 11.9 Å². The van der Waals surface area contributed by atoms with Crippen molar-refractivity contribution in [2.24, 2.45) is 5.10 Å². The normalized spacial score (nSPS) is 10.8. The zero-order valence-electron chi connectivity index (χ0n) is 19.0. The molecule has 0 saturated heterocycles. The van der Waals surface area contributed by atoms with E-state index in [9.17, 15) is 9.59 Å². The number of hydrazone groups is 1. The Morgan fingerprint density at radius 3 is 2.58 bits per heavy atom. The summed E-state index contributed by atoms with van der Waals surface area (Å²) in [6.45, 7) is 2.53. The number of hydrogen-bond acceptors (Lipinski definition) is 5. The average Bonchev–Trinajstić information content (AvgIpc) is 2.81. The maximum atomic E-state index is 12.1. The molecule has 2 N–H and O–H groups in total. The predicted octanol–water partition coefficient (Wildman–Crippen LogP) is 6.82. The van der Waals surface area contributed by atoms with Gasteiger partial charge in [0, 0.05) is 20.1 Å². The number of nitrogens with one attached hydrogen (secondary N) is 2. The highest BCUT2D eigenvalue weighted by Crippen LogP contribution is 2.35. The Labute approximate surface area is 240 Å². The van der Waals surface area contributed by atoms with Crippen LogP contribution in [-0.2, 0) is 16.2 Å². The summed E-state index contributed by atoms with van der Waals surface area (Å²) in [4.78, 5) is 24.2. The number of benzene rings is 3. The van der Waals surface area contributed by atoms with Gasteiger partial charge in [-0.15, -0.1) is 0 Å². The third kappa shape index (κ3) is 8.36. The van der Waals surface area contributed by atoms with Gasteiger partial charge in [-0.3, -0.25) is 9.59 Å². The largest absolute Gasteiger partial charge is 0.490 e. The lowest BCUT2D eigenvalue weighted by atomic mass is 10.2. The highest BCUT2D eigenvalue weighted by molar-refractivity contribution is 14.1. The second-order valence-electron chi connectivity index (χ2n) is 7.29. The van der Waals surface area contributed by atoms with Crippen LogP contribution in [0.5, 0.6) is 11.5 Å². The third-order valence-corrected chi connectivity index (χ3v) is 6.67. The molecule has 0 aliphatic heterocycles. The zero-order chi connectivity index (χ0) is 26.1. The number of nitrogens with zero attached hydrogens (tertiary/aromatic N) is 1. The van der Waals surface area contributed by atoms with Gasteiger partial charge in [0.1, 0.15) is 13.0 Å². The maximum absolute atomic E-state index is 12.1.